The highest BCUT2D eigenvalue weighted by atomic mass is 32.2. The molecule has 0 N–H and O–H groups in total. The largest absolute Gasteiger partial charge is 0.469 e. The van der Waals surface area contributed by atoms with Crippen molar-refractivity contribution in [2.45, 2.75) is 38.6 Å². The van der Waals surface area contributed by atoms with Gasteiger partial charge in [-0.1, -0.05) is 42.1 Å². The molecule has 2 aromatic heterocycles. The summed E-state index contributed by atoms with van der Waals surface area (Å²) in [7, 11) is 0. The Morgan fingerprint density at radius 1 is 1.23 bits per heavy atom. The van der Waals surface area contributed by atoms with Crippen LogP contribution < -0.4 is 0 Å². The minimum absolute atomic E-state index is 0.130. The molecule has 0 aliphatic rings. The fraction of sp³-hybridized carbons (Fsp3) is 0.316. The zero-order valence-electron chi connectivity index (χ0n) is 15.0. The number of nitrogens with zero attached hydrogens (tertiary/aromatic N) is 3. The molecule has 0 bridgehead atoms. The minimum Gasteiger partial charge on any atom is -0.469 e. The van der Waals surface area contributed by atoms with E-state index >= 15 is 0 Å². The molecular formula is C19H21N3O3S. The van der Waals surface area contributed by atoms with Gasteiger partial charge in [0, 0.05) is 0 Å². The van der Waals surface area contributed by atoms with Crippen LogP contribution in [0.1, 0.15) is 25.2 Å². The van der Waals surface area contributed by atoms with Gasteiger partial charge < -0.3 is 9.15 Å². The number of rotatable bonds is 7. The van der Waals surface area contributed by atoms with E-state index < -0.39 is 0 Å². The molecule has 136 valence electrons. The summed E-state index contributed by atoms with van der Waals surface area (Å²) < 4.78 is 12.6. The highest BCUT2D eigenvalue weighted by Crippen LogP contribution is 2.28. The number of thioether (sulfide) groups is 1. The van der Waals surface area contributed by atoms with Crippen LogP contribution in [0.5, 0.6) is 0 Å². The third-order valence-corrected chi connectivity index (χ3v) is 4.63. The molecule has 0 saturated carbocycles. The van der Waals surface area contributed by atoms with Crippen molar-refractivity contribution < 1.29 is 13.9 Å². The first kappa shape index (κ1) is 18.3. The van der Waals surface area contributed by atoms with Crippen LogP contribution in [-0.2, 0) is 16.1 Å². The Bertz CT molecular complexity index is 871. The summed E-state index contributed by atoms with van der Waals surface area (Å²) in [6.07, 6.45) is 1.51. The van der Waals surface area contributed by atoms with E-state index in [-0.39, 0.29) is 17.8 Å². The molecule has 0 amide bonds. The standard InChI is InChI=1S/C19H21N3O3S/c1-13(2)25-17(23)12-26-19-21-20-18(16-9-10-24-14(16)3)22(19)11-15-7-5-4-6-8-15/h4-10,13H,11-12H2,1-3H3. The molecule has 0 fully saturated rings. The zero-order valence-corrected chi connectivity index (χ0v) is 15.8. The van der Waals surface area contributed by atoms with Crippen LogP contribution in [0.15, 0.2) is 52.2 Å². The van der Waals surface area contributed by atoms with E-state index in [0.717, 1.165) is 22.7 Å². The summed E-state index contributed by atoms with van der Waals surface area (Å²) in [6.45, 7) is 6.17. The number of hydrogen-bond donors (Lipinski definition) is 0. The predicted molar refractivity (Wildman–Crippen MR) is 100.0 cm³/mol. The van der Waals surface area contributed by atoms with E-state index in [1.165, 1.54) is 11.8 Å². The fourth-order valence-electron chi connectivity index (χ4n) is 2.54. The maximum atomic E-state index is 11.9. The van der Waals surface area contributed by atoms with Crippen LogP contribution in [0.25, 0.3) is 11.4 Å². The topological polar surface area (TPSA) is 70.2 Å². The lowest BCUT2D eigenvalue weighted by Crippen LogP contribution is -2.14. The van der Waals surface area contributed by atoms with Crippen LogP contribution in [0.4, 0.5) is 0 Å². The maximum absolute atomic E-state index is 11.9. The summed E-state index contributed by atoms with van der Waals surface area (Å²) in [5, 5.41) is 9.29. The summed E-state index contributed by atoms with van der Waals surface area (Å²) in [5.74, 6) is 1.43. The molecule has 26 heavy (non-hydrogen) atoms. The summed E-state index contributed by atoms with van der Waals surface area (Å²) in [4.78, 5) is 11.9. The molecule has 2 heterocycles. The number of aryl methyl sites for hydroxylation is 1. The highest BCUT2D eigenvalue weighted by molar-refractivity contribution is 7.99. The quantitative estimate of drug-likeness (QED) is 0.463. The van der Waals surface area contributed by atoms with Crippen molar-refractivity contribution in [1.29, 1.82) is 0 Å². The molecule has 0 radical (unpaired) electrons. The van der Waals surface area contributed by atoms with E-state index in [2.05, 4.69) is 10.2 Å². The van der Waals surface area contributed by atoms with Crippen LogP contribution in [-0.4, -0.2) is 32.6 Å². The molecular weight excluding hydrogens is 350 g/mol. The molecule has 0 spiro atoms. The number of esters is 1. The summed E-state index contributed by atoms with van der Waals surface area (Å²) in [5.41, 5.74) is 2.02. The second-order valence-electron chi connectivity index (χ2n) is 6.10. The van der Waals surface area contributed by atoms with E-state index in [1.807, 2.05) is 61.7 Å². The average molecular weight is 371 g/mol. The average Bonchev–Trinajstić information content (AvgIpc) is 3.19. The lowest BCUT2D eigenvalue weighted by atomic mass is 10.2. The van der Waals surface area contributed by atoms with Crippen molar-refractivity contribution in [3.63, 3.8) is 0 Å². The van der Waals surface area contributed by atoms with Gasteiger partial charge in [-0.3, -0.25) is 9.36 Å². The van der Waals surface area contributed by atoms with Crippen LogP contribution in [0.2, 0.25) is 0 Å². The van der Waals surface area contributed by atoms with E-state index in [4.69, 9.17) is 9.15 Å². The minimum atomic E-state index is -0.264. The van der Waals surface area contributed by atoms with E-state index in [1.54, 1.807) is 6.26 Å². The number of furan rings is 1. The van der Waals surface area contributed by atoms with Gasteiger partial charge in [-0.25, -0.2) is 0 Å². The van der Waals surface area contributed by atoms with Gasteiger partial charge in [0.05, 0.1) is 30.2 Å². The third-order valence-electron chi connectivity index (χ3n) is 3.69. The van der Waals surface area contributed by atoms with Gasteiger partial charge in [0.2, 0.25) is 0 Å². The molecule has 7 heteroatoms. The SMILES string of the molecule is Cc1occc1-c1nnc(SCC(=O)OC(C)C)n1Cc1ccccc1. The van der Waals surface area contributed by atoms with Gasteiger partial charge >= 0.3 is 5.97 Å². The first-order valence-corrected chi connectivity index (χ1v) is 9.37. The molecule has 0 atom stereocenters. The molecule has 0 saturated heterocycles. The molecule has 0 aliphatic heterocycles. The van der Waals surface area contributed by atoms with Crippen molar-refractivity contribution in [2.75, 3.05) is 5.75 Å². The molecule has 3 aromatic rings. The smallest absolute Gasteiger partial charge is 0.316 e. The fourth-order valence-corrected chi connectivity index (χ4v) is 3.26. The van der Waals surface area contributed by atoms with Gasteiger partial charge in [0.25, 0.3) is 0 Å². The monoisotopic (exact) mass is 371 g/mol. The Balaban J connectivity index is 1.88. The Hall–Kier alpha value is -2.54. The number of carbonyl (C=O) groups excluding carboxylic acids is 1. The second kappa shape index (κ2) is 8.23. The molecule has 3 rings (SSSR count). The van der Waals surface area contributed by atoms with Crippen LogP contribution in [0.3, 0.4) is 0 Å². The Labute approximate surface area is 156 Å². The van der Waals surface area contributed by atoms with Crippen molar-refractivity contribution in [3.8, 4) is 11.4 Å². The lowest BCUT2D eigenvalue weighted by Gasteiger charge is -2.11. The second-order valence-corrected chi connectivity index (χ2v) is 7.04. The Kier molecular flexibility index (Phi) is 5.78. The van der Waals surface area contributed by atoms with Gasteiger partial charge in [-0.2, -0.15) is 0 Å². The van der Waals surface area contributed by atoms with E-state index in [0.29, 0.717) is 11.7 Å². The zero-order chi connectivity index (χ0) is 18.5. The lowest BCUT2D eigenvalue weighted by molar-refractivity contribution is -0.144. The number of aromatic nitrogens is 3. The van der Waals surface area contributed by atoms with Crippen molar-refractivity contribution in [2.24, 2.45) is 0 Å². The predicted octanol–water partition coefficient (Wildman–Crippen LogP) is 3.94. The van der Waals surface area contributed by atoms with Crippen LogP contribution in [0, 0.1) is 6.92 Å². The van der Waals surface area contributed by atoms with Crippen molar-refractivity contribution >= 4 is 17.7 Å². The number of ether oxygens (including phenoxy) is 1. The molecule has 1 aromatic carbocycles. The number of carbonyl (C=O) groups is 1. The Morgan fingerprint density at radius 3 is 2.65 bits per heavy atom. The first-order valence-electron chi connectivity index (χ1n) is 8.38. The normalized spacial score (nSPS) is 11.1. The van der Waals surface area contributed by atoms with Crippen molar-refractivity contribution in [3.05, 3.63) is 54.0 Å². The molecule has 0 unspecified atom stereocenters. The summed E-state index contributed by atoms with van der Waals surface area (Å²) in [6, 6.07) is 11.9. The van der Waals surface area contributed by atoms with Crippen LogP contribution >= 0.6 is 11.8 Å². The number of benzene rings is 1. The van der Waals surface area contributed by atoms with Crippen molar-refractivity contribution in [1.82, 2.24) is 14.8 Å². The first-order chi connectivity index (χ1) is 12.5. The van der Waals surface area contributed by atoms with E-state index in [9.17, 15) is 4.79 Å². The van der Waals surface area contributed by atoms with Gasteiger partial charge in [0.15, 0.2) is 11.0 Å². The van der Waals surface area contributed by atoms with Gasteiger partial charge in [-0.05, 0) is 32.4 Å². The Morgan fingerprint density at radius 2 is 2.00 bits per heavy atom. The highest BCUT2D eigenvalue weighted by Gasteiger charge is 2.19. The maximum Gasteiger partial charge on any atom is 0.316 e. The molecule has 6 nitrogen and oxygen atoms in total. The van der Waals surface area contributed by atoms with Gasteiger partial charge in [0.1, 0.15) is 5.76 Å². The third kappa shape index (κ3) is 4.35. The molecule has 0 aliphatic carbocycles. The van der Waals surface area contributed by atoms with Gasteiger partial charge in [-0.15, -0.1) is 10.2 Å². The summed E-state index contributed by atoms with van der Waals surface area (Å²) >= 11 is 1.32. The number of hydrogen-bond acceptors (Lipinski definition) is 6.